The van der Waals surface area contributed by atoms with Crippen molar-refractivity contribution in [1.82, 2.24) is 25.1 Å². The lowest BCUT2D eigenvalue weighted by atomic mass is 10.0. The molecule has 7 heteroatoms. The van der Waals surface area contributed by atoms with Crippen LogP contribution in [0.4, 0.5) is 0 Å². The minimum absolute atomic E-state index is 0.0123. The van der Waals surface area contributed by atoms with Gasteiger partial charge in [-0.05, 0) is 43.9 Å². The summed E-state index contributed by atoms with van der Waals surface area (Å²) in [5.74, 6) is 1.19. The smallest absolute Gasteiger partial charge is 0.230 e. The van der Waals surface area contributed by atoms with E-state index in [-0.39, 0.29) is 11.9 Å². The molecule has 6 nitrogen and oxygen atoms in total. The molecule has 1 fully saturated rings. The van der Waals surface area contributed by atoms with Crippen molar-refractivity contribution in [2.24, 2.45) is 0 Å². The van der Waals surface area contributed by atoms with Crippen molar-refractivity contribution in [3.8, 4) is 11.4 Å². The van der Waals surface area contributed by atoms with Gasteiger partial charge in [-0.3, -0.25) is 14.3 Å². The maximum atomic E-state index is 12.6. The number of hydrogen-bond acceptors (Lipinski definition) is 5. The third kappa shape index (κ3) is 4.67. The Balaban J connectivity index is 1.43. The van der Waals surface area contributed by atoms with Gasteiger partial charge in [0, 0.05) is 24.0 Å². The molecule has 1 saturated carbocycles. The quantitative estimate of drug-likeness (QED) is 0.562. The number of carbonyl (C=O) groups excluding carboxylic acids is 1. The Bertz CT molecular complexity index is 967. The number of nitrogens with one attached hydrogen (secondary N) is 1. The Kier molecular flexibility index (Phi) is 5.94. The molecule has 150 valence electrons. The first-order chi connectivity index (χ1) is 14.2. The normalized spacial score (nSPS) is 14.6. The Labute approximate surface area is 175 Å². The number of carbonyl (C=O) groups is 1. The summed E-state index contributed by atoms with van der Waals surface area (Å²) in [5.41, 5.74) is 3.36. The summed E-state index contributed by atoms with van der Waals surface area (Å²) in [5, 5.41) is 12.7. The van der Waals surface area contributed by atoms with Crippen LogP contribution in [0.5, 0.6) is 0 Å². The van der Waals surface area contributed by atoms with Gasteiger partial charge in [-0.2, -0.15) is 0 Å². The molecule has 29 heavy (non-hydrogen) atoms. The number of thioether (sulfide) groups is 1. The summed E-state index contributed by atoms with van der Waals surface area (Å²) >= 11 is 1.45. The van der Waals surface area contributed by atoms with E-state index >= 15 is 0 Å². The largest absolute Gasteiger partial charge is 0.349 e. The lowest BCUT2D eigenvalue weighted by Crippen LogP contribution is -2.29. The minimum Gasteiger partial charge on any atom is -0.349 e. The highest BCUT2D eigenvalue weighted by molar-refractivity contribution is 7.99. The Morgan fingerprint density at radius 2 is 1.90 bits per heavy atom. The van der Waals surface area contributed by atoms with Crippen LogP contribution in [0.3, 0.4) is 0 Å². The molecule has 0 spiro atoms. The minimum atomic E-state index is 0.0123. The van der Waals surface area contributed by atoms with Crippen molar-refractivity contribution in [2.45, 2.75) is 50.4 Å². The highest BCUT2D eigenvalue weighted by atomic mass is 32.2. The molecule has 4 rings (SSSR count). The lowest BCUT2D eigenvalue weighted by molar-refractivity contribution is -0.119. The van der Waals surface area contributed by atoms with Gasteiger partial charge in [0.05, 0.1) is 11.8 Å². The molecule has 1 amide bonds. The zero-order valence-corrected chi connectivity index (χ0v) is 17.5. The van der Waals surface area contributed by atoms with E-state index in [1.165, 1.54) is 17.3 Å². The molecule has 0 aliphatic heterocycles. The van der Waals surface area contributed by atoms with E-state index in [0.717, 1.165) is 41.4 Å². The summed E-state index contributed by atoms with van der Waals surface area (Å²) in [6, 6.07) is 12.7. The summed E-state index contributed by atoms with van der Waals surface area (Å²) in [7, 11) is 0. The summed E-state index contributed by atoms with van der Waals surface area (Å²) in [4.78, 5) is 16.7. The Morgan fingerprint density at radius 3 is 2.55 bits per heavy atom. The topological polar surface area (TPSA) is 72.7 Å². The molecular weight excluding hydrogens is 382 g/mol. The lowest BCUT2D eigenvalue weighted by Gasteiger charge is -2.17. The maximum Gasteiger partial charge on any atom is 0.230 e. The van der Waals surface area contributed by atoms with Gasteiger partial charge >= 0.3 is 0 Å². The van der Waals surface area contributed by atoms with E-state index in [1.54, 1.807) is 12.4 Å². The number of amides is 1. The first-order valence-electron chi connectivity index (χ1n) is 9.99. The molecule has 2 heterocycles. The van der Waals surface area contributed by atoms with E-state index in [4.69, 9.17) is 0 Å². The predicted octanol–water partition coefficient (Wildman–Crippen LogP) is 4.34. The summed E-state index contributed by atoms with van der Waals surface area (Å²) in [6.07, 6.45) is 6.63. The number of rotatable bonds is 8. The van der Waals surface area contributed by atoms with Crippen LogP contribution in [0.2, 0.25) is 0 Å². The van der Waals surface area contributed by atoms with E-state index < -0.39 is 0 Å². The van der Waals surface area contributed by atoms with Crippen LogP contribution >= 0.6 is 11.8 Å². The first-order valence-corrected chi connectivity index (χ1v) is 11.0. The van der Waals surface area contributed by atoms with Crippen molar-refractivity contribution in [3.63, 3.8) is 0 Å². The van der Waals surface area contributed by atoms with Crippen LogP contribution in [0.15, 0.2) is 53.9 Å². The van der Waals surface area contributed by atoms with Gasteiger partial charge in [-0.25, -0.2) is 0 Å². The van der Waals surface area contributed by atoms with Crippen LogP contribution < -0.4 is 5.32 Å². The van der Waals surface area contributed by atoms with Gasteiger partial charge in [0.1, 0.15) is 0 Å². The predicted molar refractivity (Wildman–Crippen MR) is 115 cm³/mol. The number of aryl methyl sites for hydroxylation is 1. The van der Waals surface area contributed by atoms with E-state index in [0.29, 0.717) is 11.8 Å². The molecule has 0 bridgehead atoms. The molecule has 0 saturated heterocycles. The fraction of sp³-hybridized carbons (Fsp3) is 0.364. The standard InChI is InChI=1S/C22H25N5OS/c1-3-19(16-6-4-15(2)5-7-16)24-20(28)14-29-22-26-25-21(27(22)18-8-9-18)17-10-12-23-13-11-17/h4-7,10-13,18-19H,3,8-9,14H2,1-2H3,(H,24,28)/t19-/m1/s1. The van der Waals surface area contributed by atoms with Crippen LogP contribution in [0.25, 0.3) is 11.4 Å². The van der Waals surface area contributed by atoms with Crippen LogP contribution in [0, 0.1) is 6.92 Å². The number of hydrogen-bond donors (Lipinski definition) is 1. The number of nitrogens with zero attached hydrogens (tertiary/aromatic N) is 4. The molecule has 0 radical (unpaired) electrons. The number of pyridine rings is 1. The van der Waals surface area contributed by atoms with Crippen LogP contribution in [-0.4, -0.2) is 31.4 Å². The molecular formula is C22H25N5OS. The Hall–Kier alpha value is -2.67. The summed E-state index contributed by atoms with van der Waals surface area (Å²) in [6.45, 7) is 4.15. The zero-order valence-electron chi connectivity index (χ0n) is 16.7. The van der Waals surface area contributed by atoms with E-state index in [9.17, 15) is 4.79 Å². The third-order valence-corrected chi connectivity index (χ3v) is 6.01. The van der Waals surface area contributed by atoms with Gasteiger partial charge in [0.15, 0.2) is 11.0 Å². The number of benzene rings is 1. The van der Waals surface area contributed by atoms with Crippen molar-refractivity contribution < 1.29 is 4.79 Å². The molecule has 1 N–H and O–H groups in total. The first kappa shape index (κ1) is 19.6. The van der Waals surface area contributed by atoms with Crippen molar-refractivity contribution in [1.29, 1.82) is 0 Å². The fourth-order valence-electron chi connectivity index (χ4n) is 3.32. The maximum absolute atomic E-state index is 12.6. The summed E-state index contributed by atoms with van der Waals surface area (Å²) < 4.78 is 2.17. The second-order valence-electron chi connectivity index (χ2n) is 7.37. The van der Waals surface area contributed by atoms with Gasteiger partial charge < -0.3 is 5.32 Å². The SMILES string of the molecule is CC[C@@H](NC(=O)CSc1nnc(-c2ccncc2)n1C1CC1)c1ccc(C)cc1. The van der Waals surface area contributed by atoms with Crippen LogP contribution in [-0.2, 0) is 4.79 Å². The molecule has 0 unspecified atom stereocenters. The molecule has 1 aliphatic rings. The highest BCUT2D eigenvalue weighted by Crippen LogP contribution is 2.40. The van der Waals surface area contributed by atoms with Crippen molar-refractivity contribution in [3.05, 3.63) is 59.9 Å². The van der Waals surface area contributed by atoms with Crippen molar-refractivity contribution in [2.75, 3.05) is 5.75 Å². The van der Waals surface area contributed by atoms with Crippen molar-refractivity contribution >= 4 is 17.7 Å². The van der Waals surface area contributed by atoms with E-state index in [2.05, 4.69) is 63.2 Å². The van der Waals surface area contributed by atoms with Gasteiger partial charge in [-0.15, -0.1) is 10.2 Å². The Morgan fingerprint density at radius 1 is 1.17 bits per heavy atom. The average Bonchev–Trinajstić information content (AvgIpc) is 3.50. The highest BCUT2D eigenvalue weighted by Gasteiger charge is 2.30. The van der Waals surface area contributed by atoms with E-state index in [1.807, 2.05) is 12.1 Å². The number of aromatic nitrogens is 4. The second-order valence-corrected chi connectivity index (χ2v) is 8.31. The fourth-order valence-corrected chi connectivity index (χ4v) is 4.14. The van der Waals surface area contributed by atoms with Gasteiger partial charge in [-0.1, -0.05) is 48.5 Å². The molecule has 3 aromatic rings. The molecule has 1 aliphatic carbocycles. The van der Waals surface area contributed by atoms with Gasteiger partial charge in [0.2, 0.25) is 5.91 Å². The van der Waals surface area contributed by atoms with Gasteiger partial charge in [0.25, 0.3) is 0 Å². The third-order valence-electron chi connectivity index (χ3n) is 5.07. The second kappa shape index (κ2) is 8.78. The molecule has 2 aromatic heterocycles. The van der Waals surface area contributed by atoms with Crippen LogP contribution in [0.1, 0.15) is 49.4 Å². The molecule has 1 atom stereocenters. The zero-order chi connectivity index (χ0) is 20.2. The monoisotopic (exact) mass is 407 g/mol. The molecule has 1 aromatic carbocycles. The average molecular weight is 408 g/mol.